The number of hydrogen-bond acceptors (Lipinski definition) is 5. The van der Waals surface area contributed by atoms with E-state index in [4.69, 9.17) is 16.3 Å². The van der Waals surface area contributed by atoms with Crippen LogP contribution in [0.1, 0.15) is 15.9 Å². The molecule has 0 unspecified atom stereocenters. The van der Waals surface area contributed by atoms with Crippen molar-refractivity contribution in [2.75, 3.05) is 6.61 Å². The molecule has 0 saturated carbocycles. The number of nitrogens with one attached hydrogen (secondary N) is 1. The molecule has 0 aliphatic carbocycles. The van der Waals surface area contributed by atoms with E-state index >= 15 is 0 Å². The van der Waals surface area contributed by atoms with E-state index in [1.54, 1.807) is 36.4 Å². The minimum atomic E-state index is -0.402. The number of ether oxygens (including phenoxy) is 1. The quantitative estimate of drug-likeness (QED) is 0.782. The van der Waals surface area contributed by atoms with Gasteiger partial charge in [-0.3, -0.25) is 19.7 Å². The third-order valence-electron chi connectivity index (χ3n) is 3.66. The van der Waals surface area contributed by atoms with Gasteiger partial charge in [-0.05, 0) is 36.2 Å². The molecule has 1 saturated heterocycles. The Hall–Kier alpha value is -2.31. The fourth-order valence-electron chi connectivity index (χ4n) is 2.38. The second-order valence-electron chi connectivity index (χ2n) is 5.42. The van der Waals surface area contributed by atoms with Gasteiger partial charge in [-0.15, -0.1) is 0 Å². The number of rotatable bonds is 6. The standard InChI is InChI=1S/C18H14ClNO4S/c19-14-4-2-1-3-13(14)15(21)10-24-12-7-5-11(6-8-12)9-16-17(22)20-18(23)25-16/h1-8,16H,9-10H2,(H,20,22,23)/t16-/m1/s1. The lowest BCUT2D eigenvalue weighted by atomic mass is 10.1. The lowest BCUT2D eigenvalue weighted by Crippen LogP contribution is -2.25. The molecule has 7 heteroatoms. The normalized spacial score (nSPS) is 16.6. The zero-order valence-corrected chi connectivity index (χ0v) is 14.6. The van der Waals surface area contributed by atoms with Crippen LogP contribution in [0, 0.1) is 0 Å². The summed E-state index contributed by atoms with van der Waals surface area (Å²) in [6.07, 6.45) is 0.459. The Labute approximate surface area is 153 Å². The number of thioether (sulfide) groups is 1. The summed E-state index contributed by atoms with van der Waals surface area (Å²) < 4.78 is 5.49. The van der Waals surface area contributed by atoms with E-state index in [1.807, 2.05) is 12.1 Å². The minimum Gasteiger partial charge on any atom is -0.485 e. The molecular weight excluding hydrogens is 362 g/mol. The van der Waals surface area contributed by atoms with Crippen molar-refractivity contribution >= 4 is 40.3 Å². The Kier molecular flexibility index (Phi) is 5.40. The molecule has 1 fully saturated rings. The Morgan fingerprint density at radius 2 is 1.84 bits per heavy atom. The summed E-state index contributed by atoms with van der Waals surface area (Å²) in [6.45, 7) is -0.113. The molecule has 1 N–H and O–H groups in total. The molecule has 128 valence electrons. The zero-order valence-electron chi connectivity index (χ0n) is 13.0. The topological polar surface area (TPSA) is 72.5 Å². The first-order valence-electron chi connectivity index (χ1n) is 7.54. The molecular formula is C18H14ClNO4S. The molecule has 25 heavy (non-hydrogen) atoms. The number of carbonyl (C=O) groups excluding carboxylic acids is 3. The predicted octanol–water partition coefficient (Wildman–Crippen LogP) is 3.50. The van der Waals surface area contributed by atoms with E-state index in [0.717, 1.165) is 17.3 Å². The molecule has 1 aliphatic heterocycles. The summed E-state index contributed by atoms with van der Waals surface area (Å²) in [7, 11) is 0. The Morgan fingerprint density at radius 3 is 2.48 bits per heavy atom. The number of amides is 2. The summed E-state index contributed by atoms with van der Waals surface area (Å²) in [5.74, 6) is 0.0802. The van der Waals surface area contributed by atoms with Gasteiger partial charge in [0.25, 0.3) is 5.24 Å². The molecule has 2 aromatic carbocycles. The SMILES string of the molecule is O=C1NC(=O)[C@@H](Cc2ccc(OCC(=O)c3ccccc3Cl)cc2)S1. The Bertz CT molecular complexity index is 822. The van der Waals surface area contributed by atoms with Crippen molar-refractivity contribution in [2.45, 2.75) is 11.7 Å². The van der Waals surface area contributed by atoms with E-state index in [9.17, 15) is 14.4 Å². The molecule has 0 spiro atoms. The van der Waals surface area contributed by atoms with Crippen molar-refractivity contribution in [1.29, 1.82) is 0 Å². The van der Waals surface area contributed by atoms with Crippen LogP contribution < -0.4 is 10.1 Å². The first kappa shape index (κ1) is 17.5. The average molecular weight is 376 g/mol. The van der Waals surface area contributed by atoms with Crippen LogP contribution in [0.5, 0.6) is 5.75 Å². The van der Waals surface area contributed by atoms with Gasteiger partial charge in [-0.2, -0.15) is 0 Å². The number of carbonyl (C=O) groups is 3. The Balaban J connectivity index is 1.56. The van der Waals surface area contributed by atoms with Crippen LogP contribution in [0.15, 0.2) is 48.5 Å². The van der Waals surface area contributed by atoms with Gasteiger partial charge in [0.15, 0.2) is 6.61 Å². The maximum Gasteiger partial charge on any atom is 0.286 e. The van der Waals surface area contributed by atoms with Crippen molar-refractivity contribution in [2.24, 2.45) is 0 Å². The summed E-state index contributed by atoms with van der Waals surface area (Å²) in [5, 5.41) is 1.95. The van der Waals surface area contributed by atoms with E-state index in [2.05, 4.69) is 5.32 Å². The maximum atomic E-state index is 12.1. The van der Waals surface area contributed by atoms with E-state index in [0.29, 0.717) is 22.8 Å². The third kappa shape index (κ3) is 4.41. The molecule has 1 atom stereocenters. The van der Waals surface area contributed by atoms with Crippen LogP contribution in [0.25, 0.3) is 0 Å². The van der Waals surface area contributed by atoms with Crippen molar-refractivity contribution in [3.05, 3.63) is 64.7 Å². The second kappa shape index (κ2) is 7.72. The van der Waals surface area contributed by atoms with E-state index in [-0.39, 0.29) is 23.5 Å². The molecule has 1 heterocycles. The van der Waals surface area contributed by atoms with E-state index in [1.165, 1.54) is 0 Å². The largest absolute Gasteiger partial charge is 0.485 e. The summed E-state index contributed by atoms with van der Waals surface area (Å²) in [6, 6.07) is 13.9. The van der Waals surface area contributed by atoms with Crippen LogP contribution in [-0.4, -0.2) is 28.8 Å². The van der Waals surface area contributed by atoms with Crippen LogP contribution >= 0.6 is 23.4 Å². The smallest absolute Gasteiger partial charge is 0.286 e. The van der Waals surface area contributed by atoms with Gasteiger partial charge >= 0.3 is 0 Å². The number of imide groups is 1. The van der Waals surface area contributed by atoms with Crippen LogP contribution in [-0.2, 0) is 11.2 Å². The predicted molar refractivity (Wildman–Crippen MR) is 96.3 cm³/mol. The molecule has 2 amide bonds. The molecule has 5 nitrogen and oxygen atoms in total. The van der Waals surface area contributed by atoms with E-state index < -0.39 is 5.25 Å². The van der Waals surface area contributed by atoms with Crippen LogP contribution in [0.4, 0.5) is 4.79 Å². The summed E-state index contributed by atoms with van der Waals surface area (Å²) in [4.78, 5) is 34.9. The first-order valence-corrected chi connectivity index (χ1v) is 8.79. The highest BCUT2D eigenvalue weighted by Gasteiger charge is 2.31. The van der Waals surface area contributed by atoms with Gasteiger partial charge in [0.05, 0.1) is 10.3 Å². The lowest BCUT2D eigenvalue weighted by molar-refractivity contribution is -0.118. The molecule has 0 bridgehead atoms. The molecule has 0 radical (unpaired) electrons. The van der Waals surface area contributed by atoms with Gasteiger partial charge in [0.1, 0.15) is 5.75 Å². The number of hydrogen-bond donors (Lipinski definition) is 1. The maximum absolute atomic E-state index is 12.1. The average Bonchev–Trinajstić information content (AvgIpc) is 2.91. The Morgan fingerprint density at radius 1 is 1.12 bits per heavy atom. The monoisotopic (exact) mass is 375 g/mol. The van der Waals surface area contributed by atoms with Crippen LogP contribution in [0.2, 0.25) is 5.02 Å². The van der Waals surface area contributed by atoms with Crippen molar-refractivity contribution in [3.63, 3.8) is 0 Å². The molecule has 2 aromatic rings. The van der Waals surface area contributed by atoms with Gasteiger partial charge in [-0.25, -0.2) is 0 Å². The van der Waals surface area contributed by atoms with Gasteiger partial charge in [0.2, 0.25) is 11.7 Å². The highest BCUT2D eigenvalue weighted by Crippen LogP contribution is 2.24. The van der Waals surface area contributed by atoms with Gasteiger partial charge in [0, 0.05) is 5.56 Å². The zero-order chi connectivity index (χ0) is 17.8. The van der Waals surface area contributed by atoms with Gasteiger partial charge in [-0.1, -0.05) is 47.6 Å². The second-order valence-corrected chi connectivity index (χ2v) is 7.01. The first-order chi connectivity index (χ1) is 12.0. The van der Waals surface area contributed by atoms with Crippen molar-refractivity contribution < 1.29 is 19.1 Å². The van der Waals surface area contributed by atoms with Crippen LogP contribution in [0.3, 0.4) is 0 Å². The number of benzene rings is 2. The highest BCUT2D eigenvalue weighted by molar-refractivity contribution is 8.15. The highest BCUT2D eigenvalue weighted by atomic mass is 35.5. The fourth-order valence-corrected chi connectivity index (χ4v) is 3.48. The van der Waals surface area contributed by atoms with Gasteiger partial charge < -0.3 is 4.74 Å². The minimum absolute atomic E-state index is 0.113. The third-order valence-corrected chi connectivity index (χ3v) is 4.97. The summed E-state index contributed by atoms with van der Waals surface area (Å²) in [5.41, 5.74) is 1.34. The number of ketones is 1. The molecule has 1 aliphatic rings. The van der Waals surface area contributed by atoms with Crippen molar-refractivity contribution in [1.82, 2.24) is 5.32 Å². The molecule has 3 rings (SSSR count). The van der Waals surface area contributed by atoms with Crippen molar-refractivity contribution in [3.8, 4) is 5.75 Å². The fraction of sp³-hybridized carbons (Fsp3) is 0.167. The molecule has 0 aromatic heterocycles. The lowest BCUT2D eigenvalue weighted by Gasteiger charge is -2.09. The summed E-state index contributed by atoms with van der Waals surface area (Å²) >= 11 is 6.99. The number of Topliss-reactive ketones (excluding diaryl/α,β-unsaturated/α-hetero) is 1. The number of halogens is 1.